The average molecular weight is 260 g/mol. The summed E-state index contributed by atoms with van der Waals surface area (Å²) in [7, 11) is 0. The number of nitrogens with two attached hydrogens (primary N) is 2. The molecule has 0 saturated heterocycles. The van der Waals surface area contributed by atoms with Gasteiger partial charge < -0.3 is 5.73 Å². The lowest BCUT2D eigenvalue weighted by Crippen LogP contribution is -2.29. The molecule has 0 saturated carbocycles. The molecule has 0 fully saturated rings. The van der Waals surface area contributed by atoms with Gasteiger partial charge in [0.15, 0.2) is 0 Å². The van der Waals surface area contributed by atoms with Gasteiger partial charge >= 0.3 is 0 Å². The van der Waals surface area contributed by atoms with E-state index < -0.39 is 0 Å². The Kier molecular flexibility index (Phi) is 5.45. The number of hydrazine groups is 1. The van der Waals surface area contributed by atoms with Crippen LogP contribution in [0.2, 0.25) is 5.02 Å². The number of benzene rings is 1. The molecule has 4 nitrogen and oxygen atoms in total. The molecule has 0 radical (unpaired) electrons. The topological polar surface area (TPSA) is 81.1 Å². The number of hydrogen-bond acceptors (Lipinski definition) is 4. The van der Waals surface area contributed by atoms with Gasteiger partial charge in [0.05, 0.1) is 0 Å². The number of halogens is 1. The van der Waals surface area contributed by atoms with Crippen molar-refractivity contribution < 1.29 is 4.79 Å². The molecule has 0 aliphatic rings. The second-order valence-electron chi connectivity index (χ2n) is 3.20. The number of anilines is 1. The molecule has 0 heterocycles. The van der Waals surface area contributed by atoms with E-state index in [4.69, 9.17) is 23.2 Å². The first-order valence-electron chi connectivity index (χ1n) is 4.80. The van der Waals surface area contributed by atoms with Crippen LogP contribution in [0.1, 0.15) is 12.8 Å². The Morgan fingerprint density at radius 3 is 2.88 bits per heavy atom. The molecule has 1 amide bonds. The highest BCUT2D eigenvalue weighted by Gasteiger charge is 2.02. The maximum absolute atomic E-state index is 10.8. The number of rotatable bonds is 5. The van der Waals surface area contributed by atoms with Crippen LogP contribution in [0.5, 0.6) is 0 Å². The standard InChI is InChI=1S/C10H14ClN3OS/c11-7-3-4-9(8(12)6-7)16-5-1-2-10(15)14-13/h3-4,6H,1-2,5,12-13H2,(H,14,15). The van der Waals surface area contributed by atoms with Gasteiger partial charge in [-0.15, -0.1) is 11.8 Å². The predicted octanol–water partition coefficient (Wildman–Crippen LogP) is 1.78. The zero-order valence-electron chi connectivity index (χ0n) is 8.70. The van der Waals surface area contributed by atoms with Crippen LogP contribution >= 0.6 is 23.4 Å². The molecule has 0 aliphatic carbocycles. The van der Waals surface area contributed by atoms with E-state index >= 15 is 0 Å². The molecule has 1 aromatic rings. The lowest BCUT2D eigenvalue weighted by Gasteiger charge is -2.05. The Hall–Kier alpha value is -0.910. The Balaban J connectivity index is 2.35. The van der Waals surface area contributed by atoms with Crippen LogP contribution in [0, 0.1) is 0 Å². The average Bonchev–Trinajstić information content (AvgIpc) is 2.26. The molecule has 0 aliphatic heterocycles. The summed E-state index contributed by atoms with van der Waals surface area (Å²) in [6.45, 7) is 0. The summed E-state index contributed by atoms with van der Waals surface area (Å²) in [6, 6.07) is 5.40. The molecule has 1 aromatic carbocycles. The summed E-state index contributed by atoms with van der Waals surface area (Å²) >= 11 is 7.39. The lowest BCUT2D eigenvalue weighted by molar-refractivity contribution is -0.121. The van der Waals surface area contributed by atoms with Crippen LogP contribution < -0.4 is 17.0 Å². The van der Waals surface area contributed by atoms with Crippen molar-refractivity contribution in [2.45, 2.75) is 17.7 Å². The summed E-state index contributed by atoms with van der Waals surface area (Å²) in [4.78, 5) is 11.8. The maximum atomic E-state index is 10.8. The lowest BCUT2D eigenvalue weighted by atomic mass is 10.3. The molecule has 6 heteroatoms. The number of nitrogen functional groups attached to an aromatic ring is 1. The third kappa shape index (κ3) is 4.30. The van der Waals surface area contributed by atoms with Crippen LogP contribution in [0.25, 0.3) is 0 Å². The molecule has 5 N–H and O–H groups in total. The quantitative estimate of drug-likeness (QED) is 0.188. The van der Waals surface area contributed by atoms with Gasteiger partial charge in [-0.3, -0.25) is 10.2 Å². The van der Waals surface area contributed by atoms with Gasteiger partial charge in [0.25, 0.3) is 0 Å². The second kappa shape index (κ2) is 6.62. The largest absolute Gasteiger partial charge is 0.398 e. The van der Waals surface area contributed by atoms with Crippen molar-refractivity contribution in [3.8, 4) is 0 Å². The highest BCUT2D eigenvalue weighted by Crippen LogP contribution is 2.28. The van der Waals surface area contributed by atoms with E-state index in [1.54, 1.807) is 23.9 Å². The van der Waals surface area contributed by atoms with E-state index in [1.807, 2.05) is 6.07 Å². The molecule has 0 spiro atoms. The van der Waals surface area contributed by atoms with Crippen LogP contribution in [-0.4, -0.2) is 11.7 Å². The monoisotopic (exact) mass is 259 g/mol. The highest BCUT2D eigenvalue weighted by molar-refractivity contribution is 7.99. The van der Waals surface area contributed by atoms with Gasteiger partial charge in [0, 0.05) is 22.0 Å². The van der Waals surface area contributed by atoms with E-state index in [0.29, 0.717) is 17.1 Å². The first kappa shape index (κ1) is 13.2. The number of carbonyl (C=O) groups excluding carboxylic acids is 1. The van der Waals surface area contributed by atoms with Gasteiger partial charge in [0.1, 0.15) is 0 Å². The Morgan fingerprint density at radius 1 is 1.50 bits per heavy atom. The molecule has 88 valence electrons. The van der Waals surface area contributed by atoms with Gasteiger partial charge in [0.2, 0.25) is 5.91 Å². The molecule has 0 atom stereocenters. The Labute approximate surface area is 104 Å². The normalized spacial score (nSPS) is 10.1. The molecule has 0 aromatic heterocycles. The maximum Gasteiger partial charge on any atom is 0.233 e. The summed E-state index contributed by atoms with van der Waals surface area (Å²) in [5.41, 5.74) is 8.54. The van der Waals surface area contributed by atoms with Crippen molar-refractivity contribution in [3.05, 3.63) is 23.2 Å². The number of nitrogens with one attached hydrogen (secondary N) is 1. The van der Waals surface area contributed by atoms with Crippen molar-refractivity contribution in [2.24, 2.45) is 5.84 Å². The minimum absolute atomic E-state index is 0.148. The number of hydrogen-bond donors (Lipinski definition) is 3. The fraction of sp³-hybridized carbons (Fsp3) is 0.300. The minimum Gasteiger partial charge on any atom is -0.398 e. The first-order valence-corrected chi connectivity index (χ1v) is 6.17. The highest BCUT2D eigenvalue weighted by atomic mass is 35.5. The van der Waals surface area contributed by atoms with Crippen molar-refractivity contribution >= 4 is 35.0 Å². The molecular formula is C10H14ClN3OS. The number of thioether (sulfide) groups is 1. The number of carbonyl (C=O) groups is 1. The Morgan fingerprint density at radius 2 is 2.25 bits per heavy atom. The second-order valence-corrected chi connectivity index (χ2v) is 4.77. The van der Waals surface area contributed by atoms with Crippen LogP contribution in [0.4, 0.5) is 5.69 Å². The Bertz CT molecular complexity index is 373. The van der Waals surface area contributed by atoms with E-state index in [1.165, 1.54) is 0 Å². The van der Waals surface area contributed by atoms with E-state index in [2.05, 4.69) is 5.43 Å². The number of amides is 1. The summed E-state index contributed by atoms with van der Waals surface area (Å²) < 4.78 is 0. The van der Waals surface area contributed by atoms with E-state index in [0.717, 1.165) is 17.1 Å². The van der Waals surface area contributed by atoms with Gasteiger partial charge in [-0.05, 0) is 30.4 Å². The third-order valence-corrected chi connectivity index (χ3v) is 3.35. The van der Waals surface area contributed by atoms with Crippen LogP contribution in [-0.2, 0) is 4.79 Å². The van der Waals surface area contributed by atoms with Crippen molar-refractivity contribution in [1.82, 2.24) is 5.43 Å². The van der Waals surface area contributed by atoms with Crippen molar-refractivity contribution in [2.75, 3.05) is 11.5 Å². The van der Waals surface area contributed by atoms with Gasteiger partial charge in [-0.1, -0.05) is 11.6 Å². The summed E-state index contributed by atoms with van der Waals surface area (Å²) in [5.74, 6) is 5.64. The zero-order chi connectivity index (χ0) is 12.0. The van der Waals surface area contributed by atoms with Crippen LogP contribution in [0.15, 0.2) is 23.1 Å². The van der Waals surface area contributed by atoms with E-state index in [-0.39, 0.29) is 5.91 Å². The molecule has 1 rings (SSSR count). The SMILES string of the molecule is NNC(=O)CCCSc1ccc(Cl)cc1N. The first-order chi connectivity index (χ1) is 7.63. The van der Waals surface area contributed by atoms with Gasteiger partial charge in [-0.25, -0.2) is 5.84 Å². The van der Waals surface area contributed by atoms with Gasteiger partial charge in [-0.2, -0.15) is 0 Å². The summed E-state index contributed by atoms with van der Waals surface area (Å²) in [5, 5.41) is 0.629. The zero-order valence-corrected chi connectivity index (χ0v) is 10.3. The smallest absolute Gasteiger partial charge is 0.233 e. The van der Waals surface area contributed by atoms with E-state index in [9.17, 15) is 4.79 Å². The molecular weight excluding hydrogens is 246 g/mol. The molecule has 0 bridgehead atoms. The van der Waals surface area contributed by atoms with Crippen LogP contribution in [0.3, 0.4) is 0 Å². The van der Waals surface area contributed by atoms with Crippen molar-refractivity contribution in [1.29, 1.82) is 0 Å². The van der Waals surface area contributed by atoms with Crippen molar-refractivity contribution in [3.63, 3.8) is 0 Å². The molecule has 16 heavy (non-hydrogen) atoms. The fourth-order valence-electron chi connectivity index (χ4n) is 1.14. The molecule has 0 unspecified atom stereocenters. The predicted molar refractivity (Wildman–Crippen MR) is 68.2 cm³/mol. The third-order valence-electron chi connectivity index (χ3n) is 1.94. The summed E-state index contributed by atoms with van der Waals surface area (Å²) in [6.07, 6.45) is 1.19. The fourth-order valence-corrected chi connectivity index (χ4v) is 2.22. The minimum atomic E-state index is -0.148.